The van der Waals surface area contributed by atoms with Gasteiger partial charge >= 0.3 is 5.69 Å². The number of aromatic nitrogens is 2. The molecule has 1 saturated heterocycles. The molecule has 0 spiro atoms. The monoisotopic (exact) mass is 288 g/mol. The highest BCUT2D eigenvalue weighted by Crippen LogP contribution is 2.25. The van der Waals surface area contributed by atoms with Gasteiger partial charge in [-0.2, -0.15) is 0 Å². The van der Waals surface area contributed by atoms with E-state index in [1.54, 1.807) is 0 Å². The molecule has 1 aromatic heterocycles. The van der Waals surface area contributed by atoms with Gasteiger partial charge in [-0.15, -0.1) is 0 Å². The number of hydrogen-bond donors (Lipinski definition) is 5. The second kappa shape index (κ2) is 5.85. The summed E-state index contributed by atoms with van der Waals surface area (Å²) in [5.74, 6) is 0. The molecular formula is C11H16N2O7. The first-order chi connectivity index (χ1) is 9.43. The van der Waals surface area contributed by atoms with Crippen LogP contribution in [0.5, 0.6) is 0 Å². The van der Waals surface area contributed by atoms with E-state index in [1.165, 1.54) is 0 Å². The Labute approximate surface area is 112 Å². The number of aliphatic hydroxyl groups excluding tert-OH is 4. The van der Waals surface area contributed by atoms with Crippen LogP contribution in [0.3, 0.4) is 0 Å². The standard InChI is InChI=1S/C11H16N2O7/c14-4-7-9(18)5(15)3-6(16)10(20-7)13-2-1-8(17)12-11(13)19/h1-2,5-7,9-10,14-16,18H,3-4H2,(H,12,17,19)/t5-,6+,7+,9-,10+/m0/s1. The summed E-state index contributed by atoms with van der Waals surface area (Å²) < 4.78 is 6.22. The molecule has 0 radical (unpaired) electrons. The van der Waals surface area contributed by atoms with Crippen molar-refractivity contribution in [1.29, 1.82) is 0 Å². The van der Waals surface area contributed by atoms with Crippen LogP contribution in [-0.2, 0) is 4.74 Å². The van der Waals surface area contributed by atoms with Crippen LogP contribution in [0.15, 0.2) is 21.9 Å². The van der Waals surface area contributed by atoms with Gasteiger partial charge in [-0.25, -0.2) is 4.79 Å². The molecule has 5 atom stereocenters. The highest BCUT2D eigenvalue weighted by molar-refractivity contribution is 4.90. The summed E-state index contributed by atoms with van der Waals surface area (Å²) in [5, 5.41) is 38.5. The van der Waals surface area contributed by atoms with Crippen molar-refractivity contribution in [1.82, 2.24) is 9.55 Å². The molecule has 0 amide bonds. The minimum atomic E-state index is -1.39. The van der Waals surface area contributed by atoms with Gasteiger partial charge in [-0.3, -0.25) is 14.3 Å². The van der Waals surface area contributed by atoms with Crippen molar-refractivity contribution in [3.05, 3.63) is 33.1 Å². The molecule has 1 fully saturated rings. The molecule has 20 heavy (non-hydrogen) atoms. The van der Waals surface area contributed by atoms with Crippen LogP contribution in [0.4, 0.5) is 0 Å². The first kappa shape index (κ1) is 14.9. The van der Waals surface area contributed by atoms with Gasteiger partial charge in [0, 0.05) is 18.7 Å². The van der Waals surface area contributed by atoms with Crippen molar-refractivity contribution in [3.8, 4) is 0 Å². The SMILES string of the molecule is O=c1ccn([C@@H]2O[C@H](CO)[C@@H](O)[C@@H](O)C[C@H]2O)c(=O)[nH]1. The van der Waals surface area contributed by atoms with Crippen LogP contribution < -0.4 is 11.2 Å². The summed E-state index contributed by atoms with van der Waals surface area (Å²) in [5.41, 5.74) is -1.41. The Morgan fingerprint density at radius 1 is 1.30 bits per heavy atom. The number of aromatic amines is 1. The van der Waals surface area contributed by atoms with Gasteiger partial charge in [0.1, 0.15) is 18.3 Å². The lowest BCUT2D eigenvalue weighted by atomic mass is 10.0. The lowest BCUT2D eigenvalue weighted by molar-refractivity contribution is -0.148. The summed E-state index contributed by atoms with van der Waals surface area (Å²) in [6.07, 6.45) is -5.49. The van der Waals surface area contributed by atoms with E-state index in [1.807, 2.05) is 4.98 Å². The predicted molar refractivity (Wildman–Crippen MR) is 65.0 cm³/mol. The molecule has 112 valence electrons. The van der Waals surface area contributed by atoms with E-state index in [-0.39, 0.29) is 6.42 Å². The Morgan fingerprint density at radius 3 is 2.60 bits per heavy atom. The maximum atomic E-state index is 11.7. The molecule has 2 heterocycles. The average Bonchev–Trinajstić information content (AvgIpc) is 2.49. The maximum absolute atomic E-state index is 11.7. The molecular weight excluding hydrogens is 272 g/mol. The summed E-state index contributed by atoms with van der Waals surface area (Å²) >= 11 is 0. The third kappa shape index (κ3) is 2.81. The van der Waals surface area contributed by atoms with E-state index >= 15 is 0 Å². The Bertz CT molecular complexity index is 568. The van der Waals surface area contributed by atoms with Gasteiger partial charge in [0.2, 0.25) is 0 Å². The molecule has 0 saturated carbocycles. The topological polar surface area (TPSA) is 145 Å². The van der Waals surface area contributed by atoms with E-state index in [9.17, 15) is 24.9 Å². The van der Waals surface area contributed by atoms with Crippen molar-refractivity contribution in [2.45, 2.75) is 37.1 Å². The van der Waals surface area contributed by atoms with Crippen LogP contribution in [0.1, 0.15) is 12.6 Å². The van der Waals surface area contributed by atoms with Gasteiger partial charge in [0.25, 0.3) is 5.56 Å². The quantitative estimate of drug-likeness (QED) is 0.387. The first-order valence-electron chi connectivity index (χ1n) is 6.06. The van der Waals surface area contributed by atoms with Gasteiger partial charge < -0.3 is 25.2 Å². The summed E-state index contributed by atoms with van der Waals surface area (Å²) in [6.45, 7) is -0.598. The number of ether oxygens (including phenoxy) is 1. The zero-order chi connectivity index (χ0) is 14.9. The predicted octanol–water partition coefficient (Wildman–Crippen LogP) is -3.10. The summed E-state index contributed by atoms with van der Waals surface area (Å²) in [4.78, 5) is 24.7. The highest BCUT2D eigenvalue weighted by Gasteiger charge is 2.39. The zero-order valence-corrected chi connectivity index (χ0v) is 10.4. The molecule has 1 aliphatic rings. The molecule has 0 unspecified atom stereocenters. The van der Waals surface area contributed by atoms with Crippen LogP contribution in [0.2, 0.25) is 0 Å². The smallest absolute Gasteiger partial charge is 0.330 e. The minimum absolute atomic E-state index is 0.242. The number of nitrogens with one attached hydrogen (secondary N) is 1. The van der Waals surface area contributed by atoms with Gasteiger partial charge in [-0.05, 0) is 0 Å². The minimum Gasteiger partial charge on any atom is -0.394 e. The molecule has 1 aliphatic heterocycles. The van der Waals surface area contributed by atoms with E-state index in [2.05, 4.69) is 0 Å². The van der Waals surface area contributed by atoms with Crippen LogP contribution in [0.25, 0.3) is 0 Å². The van der Waals surface area contributed by atoms with Crippen molar-refractivity contribution in [3.63, 3.8) is 0 Å². The van der Waals surface area contributed by atoms with Crippen molar-refractivity contribution < 1.29 is 25.2 Å². The fourth-order valence-corrected chi connectivity index (χ4v) is 2.13. The first-order valence-corrected chi connectivity index (χ1v) is 6.06. The Hall–Kier alpha value is -1.52. The zero-order valence-electron chi connectivity index (χ0n) is 10.4. The molecule has 0 aromatic carbocycles. The maximum Gasteiger partial charge on any atom is 0.330 e. The van der Waals surface area contributed by atoms with Crippen LogP contribution in [0, 0.1) is 0 Å². The van der Waals surface area contributed by atoms with Crippen molar-refractivity contribution in [2.24, 2.45) is 0 Å². The Morgan fingerprint density at radius 2 is 2.00 bits per heavy atom. The molecule has 0 aliphatic carbocycles. The third-order valence-electron chi connectivity index (χ3n) is 3.21. The molecule has 5 N–H and O–H groups in total. The average molecular weight is 288 g/mol. The molecule has 9 heteroatoms. The molecule has 0 bridgehead atoms. The number of aliphatic hydroxyl groups is 4. The Kier molecular flexibility index (Phi) is 4.35. The second-order valence-corrected chi connectivity index (χ2v) is 4.63. The van der Waals surface area contributed by atoms with E-state index in [0.717, 1.165) is 16.8 Å². The number of nitrogens with zero attached hydrogens (tertiary/aromatic N) is 1. The number of hydrogen-bond acceptors (Lipinski definition) is 7. The lowest BCUT2D eigenvalue weighted by Crippen LogP contribution is -2.41. The van der Waals surface area contributed by atoms with E-state index in [0.29, 0.717) is 0 Å². The van der Waals surface area contributed by atoms with Gasteiger partial charge in [-0.1, -0.05) is 0 Å². The Balaban J connectivity index is 2.38. The summed E-state index contributed by atoms with van der Waals surface area (Å²) in [6, 6.07) is 1.07. The molecule has 9 nitrogen and oxygen atoms in total. The number of H-pyrrole nitrogens is 1. The van der Waals surface area contributed by atoms with Gasteiger partial charge in [0.05, 0.1) is 12.7 Å². The fraction of sp³-hybridized carbons (Fsp3) is 0.636. The van der Waals surface area contributed by atoms with Crippen LogP contribution >= 0.6 is 0 Å². The highest BCUT2D eigenvalue weighted by atomic mass is 16.5. The largest absolute Gasteiger partial charge is 0.394 e. The summed E-state index contributed by atoms with van der Waals surface area (Å²) in [7, 11) is 0. The number of rotatable bonds is 2. The fourth-order valence-electron chi connectivity index (χ4n) is 2.13. The molecule has 2 rings (SSSR count). The van der Waals surface area contributed by atoms with E-state index in [4.69, 9.17) is 9.84 Å². The third-order valence-corrected chi connectivity index (χ3v) is 3.21. The second-order valence-electron chi connectivity index (χ2n) is 4.63. The molecule has 1 aromatic rings. The normalized spacial score (nSPS) is 34.7. The lowest BCUT2D eigenvalue weighted by Gasteiger charge is -2.26. The van der Waals surface area contributed by atoms with Gasteiger partial charge in [0.15, 0.2) is 6.23 Å². The van der Waals surface area contributed by atoms with Crippen molar-refractivity contribution >= 4 is 0 Å². The van der Waals surface area contributed by atoms with E-state index < -0.39 is 48.5 Å². The van der Waals surface area contributed by atoms with Crippen LogP contribution in [-0.4, -0.2) is 61.0 Å². The van der Waals surface area contributed by atoms with Crippen molar-refractivity contribution in [2.75, 3.05) is 6.61 Å².